The van der Waals surface area contributed by atoms with Gasteiger partial charge in [0.05, 0.1) is 0 Å². The van der Waals surface area contributed by atoms with Gasteiger partial charge in [-0.3, -0.25) is 4.79 Å². The molecule has 0 aromatic carbocycles. The Morgan fingerprint density at radius 2 is 2.29 bits per heavy atom. The van der Waals surface area contributed by atoms with Crippen molar-refractivity contribution >= 4 is 21.7 Å². The first-order valence-corrected chi connectivity index (χ1v) is 5.01. The van der Waals surface area contributed by atoms with Crippen LogP contribution in [0.25, 0.3) is 0 Å². The van der Waals surface area contributed by atoms with Crippen LogP contribution in [0.2, 0.25) is 0 Å². The number of hydrogen-bond donors (Lipinski definition) is 1. The van der Waals surface area contributed by atoms with Crippen molar-refractivity contribution in [3.05, 3.63) is 10.3 Å². The van der Waals surface area contributed by atoms with E-state index in [2.05, 4.69) is 26.2 Å². The zero-order valence-electron chi connectivity index (χ0n) is 8.28. The Bertz CT molecular complexity index is 340. The summed E-state index contributed by atoms with van der Waals surface area (Å²) in [6, 6.07) is 0. The van der Waals surface area contributed by atoms with Gasteiger partial charge in [-0.2, -0.15) is 0 Å². The minimum absolute atomic E-state index is 0.289. The fourth-order valence-electron chi connectivity index (χ4n) is 0.988. The molecule has 0 aliphatic rings. The van der Waals surface area contributed by atoms with Crippen LogP contribution >= 0.6 is 15.9 Å². The molecule has 5 nitrogen and oxygen atoms in total. The maximum Gasteiger partial charge on any atom is 0.214 e. The number of hydrogen-bond acceptors (Lipinski definition) is 4. The Morgan fingerprint density at radius 3 is 2.64 bits per heavy atom. The van der Waals surface area contributed by atoms with Crippen LogP contribution in [0.4, 0.5) is 0 Å². The quantitative estimate of drug-likeness (QED) is 0.822. The van der Waals surface area contributed by atoms with Crippen LogP contribution in [-0.2, 0) is 7.05 Å². The van der Waals surface area contributed by atoms with Crippen LogP contribution in [0.5, 0.6) is 0 Å². The zero-order valence-corrected chi connectivity index (χ0v) is 9.87. The number of aryl methyl sites for hydroxylation is 1. The third kappa shape index (κ3) is 1.85. The summed E-state index contributed by atoms with van der Waals surface area (Å²) in [5.41, 5.74) is -1.07. The SMILES string of the molecule is CCC(C)(O)C(=O)c1c(Br)nnn1C. The lowest BCUT2D eigenvalue weighted by atomic mass is 9.96. The molecule has 6 heteroatoms. The van der Waals surface area contributed by atoms with E-state index in [1.807, 2.05) is 0 Å². The molecule has 1 unspecified atom stereocenters. The average Bonchev–Trinajstić information content (AvgIpc) is 2.45. The van der Waals surface area contributed by atoms with E-state index < -0.39 is 5.60 Å². The minimum atomic E-state index is -1.36. The molecule has 0 fully saturated rings. The Kier molecular flexibility index (Phi) is 3.06. The molecule has 1 aromatic rings. The van der Waals surface area contributed by atoms with Crippen LogP contribution in [0.15, 0.2) is 4.60 Å². The number of carbonyl (C=O) groups is 1. The summed E-state index contributed by atoms with van der Waals surface area (Å²) in [5, 5.41) is 17.1. The van der Waals surface area contributed by atoms with Crippen LogP contribution < -0.4 is 0 Å². The summed E-state index contributed by atoms with van der Waals surface area (Å²) in [7, 11) is 1.61. The number of rotatable bonds is 3. The normalized spacial score (nSPS) is 15.2. The van der Waals surface area contributed by atoms with Crippen molar-refractivity contribution in [3.63, 3.8) is 0 Å². The summed E-state index contributed by atoms with van der Waals surface area (Å²) in [4.78, 5) is 11.8. The molecular formula is C8H12BrN3O2. The standard InChI is InChI=1S/C8H12BrN3O2/c1-4-8(2,14)6(13)5-7(9)10-11-12(5)3/h14H,4H2,1-3H3. The molecule has 1 N–H and O–H groups in total. The first kappa shape index (κ1) is 11.3. The Labute approximate surface area is 90.2 Å². The highest BCUT2D eigenvalue weighted by atomic mass is 79.9. The van der Waals surface area contributed by atoms with Gasteiger partial charge in [0.2, 0.25) is 5.78 Å². The van der Waals surface area contributed by atoms with Gasteiger partial charge in [-0.05, 0) is 29.3 Å². The van der Waals surface area contributed by atoms with Crippen LogP contribution in [0.1, 0.15) is 30.8 Å². The highest BCUT2D eigenvalue weighted by Gasteiger charge is 2.33. The smallest absolute Gasteiger partial charge is 0.214 e. The average molecular weight is 262 g/mol. The topological polar surface area (TPSA) is 68.0 Å². The predicted octanol–water partition coefficient (Wildman–Crippen LogP) is 0.921. The molecule has 0 aliphatic heterocycles. The largest absolute Gasteiger partial charge is 0.382 e. The molecular weight excluding hydrogens is 250 g/mol. The molecule has 1 atom stereocenters. The molecule has 0 radical (unpaired) electrons. The minimum Gasteiger partial charge on any atom is -0.382 e. The second kappa shape index (κ2) is 3.78. The second-order valence-electron chi connectivity index (χ2n) is 3.31. The molecule has 0 aliphatic carbocycles. The summed E-state index contributed by atoms with van der Waals surface area (Å²) in [6.45, 7) is 3.23. The number of carbonyl (C=O) groups excluding carboxylic acids is 1. The number of aromatic nitrogens is 3. The van der Waals surface area contributed by atoms with Gasteiger partial charge in [0, 0.05) is 7.05 Å². The number of Topliss-reactive ketones (excluding diaryl/α,β-unsaturated/α-hetero) is 1. The summed E-state index contributed by atoms with van der Waals surface area (Å²) in [5.74, 6) is -0.376. The molecule has 1 rings (SSSR count). The molecule has 14 heavy (non-hydrogen) atoms. The maximum absolute atomic E-state index is 11.8. The molecule has 0 bridgehead atoms. The van der Waals surface area contributed by atoms with E-state index in [0.717, 1.165) is 0 Å². The molecule has 0 saturated carbocycles. The highest BCUT2D eigenvalue weighted by molar-refractivity contribution is 9.10. The maximum atomic E-state index is 11.8. The van der Waals surface area contributed by atoms with Gasteiger partial charge in [-0.15, -0.1) is 5.10 Å². The fraction of sp³-hybridized carbons (Fsp3) is 0.625. The van der Waals surface area contributed by atoms with Crippen LogP contribution in [0.3, 0.4) is 0 Å². The van der Waals surface area contributed by atoms with Crippen molar-refractivity contribution in [3.8, 4) is 0 Å². The predicted molar refractivity (Wildman–Crippen MR) is 53.9 cm³/mol. The van der Waals surface area contributed by atoms with Gasteiger partial charge in [-0.1, -0.05) is 12.1 Å². The van der Waals surface area contributed by atoms with Crippen molar-refractivity contribution in [2.75, 3.05) is 0 Å². The number of aliphatic hydroxyl groups is 1. The van der Waals surface area contributed by atoms with Crippen molar-refractivity contribution in [1.82, 2.24) is 15.0 Å². The van der Waals surface area contributed by atoms with Gasteiger partial charge in [-0.25, -0.2) is 4.68 Å². The van der Waals surface area contributed by atoms with Gasteiger partial charge in [0.25, 0.3) is 0 Å². The summed E-state index contributed by atoms with van der Waals surface area (Å²) >= 11 is 3.11. The molecule has 0 amide bonds. The Hall–Kier alpha value is -0.750. The van der Waals surface area contributed by atoms with Crippen LogP contribution in [0, 0.1) is 0 Å². The summed E-state index contributed by atoms with van der Waals surface area (Å²) < 4.78 is 1.70. The third-order valence-electron chi connectivity index (χ3n) is 2.18. The molecule has 0 spiro atoms. The monoisotopic (exact) mass is 261 g/mol. The first-order valence-electron chi connectivity index (χ1n) is 4.22. The molecule has 0 saturated heterocycles. The van der Waals surface area contributed by atoms with E-state index in [4.69, 9.17) is 0 Å². The summed E-state index contributed by atoms with van der Waals surface area (Å²) in [6.07, 6.45) is 0.351. The second-order valence-corrected chi connectivity index (χ2v) is 4.06. The highest BCUT2D eigenvalue weighted by Crippen LogP contribution is 2.20. The number of halogens is 1. The lowest BCUT2D eigenvalue weighted by Crippen LogP contribution is -2.35. The fourth-order valence-corrected chi connectivity index (χ4v) is 1.50. The number of ketones is 1. The van der Waals surface area contributed by atoms with Gasteiger partial charge >= 0.3 is 0 Å². The van der Waals surface area contributed by atoms with E-state index in [9.17, 15) is 9.90 Å². The zero-order chi connectivity index (χ0) is 10.9. The number of nitrogens with zero attached hydrogens (tertiary/aromatic N) is 3. The van der Waals surface area contributed by atoms with Crippen LogP contribution in [-0.4, -0.2) is 31.5 Å². The van der Waals surface area contributed by atoms with Crippen molar-refractivity contribution in [2.24, 2.45) is 7.05 Å². The lowest BCUT2D eigenvalue weighted by molar-refractivity contribution is 0.0379. The lowest BCUT2D eigenvalue weighted by Gasteiger charge is -2.18. The molecule has 1 aromatic heterocycles. The Balaban J connectivity index is 3.13. The Morgan fingerprint density at radius 1 is 1.71 bits per heavy atom. The van der Waals surface area contributed by atoms with Crippen molar-refractivity contribution < 1.29 is 9.90 Å². The van der Waals surface area contributed by atoms with Crippen molar-refractivity contribution in [2.45, 2.75) is 25.9 Å². The van der Waals surface area contributed by atoms with Gasteiger partial charge in [0.15, 0.2) is 4.60 Å². The van der Waals surface area contributed by atoms with Crippen molar-refractivity contribution in [1.29, 1.82) is 0 Å². The van der Waals surface area contributed by atoms with E-state index in [-0.39, 0.29) is 11.5 Å². The third-order valence-corrected chi connectivity index (χ3v) is 2.71. The van der Waals surface area contributed by atoms with E-state index >= 15 is 0 Å². The van der Waals surface area contributed by atoms with Gasteiger partial charge < -0.3 is 5.11 Å². The van der Waals surface area contributed by atoms with E-state index in [0.29, 0.717) is 11.0 Å². The van der Waals surface area contributed by atoms with E-state index in [1.165, 1.54) is 11.6 Å². The van der Waals surface area contributed by atoms with Gasteiger partial charge in [0.1, 0.15) is 11.3 Å². The molecule has 78 valence electrons. The molecule has 1 heterocycles. The first-order chi connectivity index (χ1) is 6.40. The van der Waals surface area contributed by atoms with E-state index in [1.54, 1.807) is 14.0 Å².